The van der Waals surface area contributed by atoms with E-state index < -0.39 is 49.5 Å². The lowest BCUT2D eigenvalue weighted by molar-refractivity contribution is -0.302. The van der Waals surface area contributed by atoms with Gasteiger partial charge in [-0.05, 0) is 96.3 Å². The summed E-state index contributed by atoms with van der Waals surface area (Å²) in [5.74, 6) is -0.189. The minimum Gasteiger partial charge on any atom is -0.394 e. The number of carbonyl (C=O) groups is 1. The van der Waals surface area contributed by atoms with Crippen LogP contribution in [0.2, 0.25) is 0 Å². The van der Waals surface area contributed by atoms with E-state index in [9.17, 15) is 30.3 Å². The number of hydrogen-bond donors (Lipinski definition) is 6. The van der Waals surface area contributed by atoms with Crippen LogP contribution in [0.4, 0.5) is 0 Å². The summed E-state index contributed by atoms with van der Waals surface area (Å²) in [7, 11) is 0. The van der Waals surface area contributed by atoms with E-state index in [1.165, 1.54) is 77.0 Å². The molecule has 7 unspecified atom stereocenters. The van der Waals surface area contributed by atoms with Gasteiger partial charge in [-0.3, -0.25) is 4.79 Å². The lowest BCUT2D eigenvalue weighted by Gasteiger charge is -2.40. The molecule has 1 fully saturated rings. The molecular weight excluding hydrogens is 923 g/mol. The molecule has 9 heteroatoms. The number of aliphatic hydroxyl groups is 5. The molecule has 1 amide bonds. The fraction of sp³-hybridized carbons (Fsp3) is 0.646. The van der Waals surface area contributed by atoms with Crippen molar-refractivity contribution in [2.45, 2.75) is 256 Å². The monoisotopic (exact) mass is 1030 g/mol. The molecule has 1 aliphatic heterocycles. The number of amides is 1. The van der Waals surface area contributed by atoms with Crippen molar-refractivity contribution in [1.82, 2.24) is 5.32 Å². The molecule has 1 aliphatic rings. The van der Waals surface area contributed by atoms with E-state index in [-0.39, 0.29) is 12.5 Å². The van der Waals surface area contributed by atoms with Crippen molar-refractivity contribution in [1.29, 1.82) is 0 Å². The summed E-state index contributed by atoms with van der Waals surface area (Å²) in [5.41, 5.74) is 0. The van der Waals surface area contributed by atoms with Crippen molar-refractivity contribution >= 4 is 5.91 Å². The van der Waals surface area contributed by atoms with Gasteiger partial charge in [-0.1, -0.05) is 244 Å². The van der Waals surface area contributed by atoms with Crippen LogP contribution in [0, 0.1) is 0 Å². The van der Waals surface area contributed by atoms with Crippen molar-refractivity contribution in [3.05, 3.63) is 134 Å². The minimum atomic E-state index is -1.57. The zero-order valence-electron chi connectivity index (χ0n) is 46.5. The first-order valence-electron chi connectivity index (χ1n) is 29.4. The van der Waals surface area contributed by atoms with Gasteiger partial charge in [-0.15, -0.1) is 0 Å². The standard InChI is InChI=1S/C65H107NO8/c1-3-5-7-9-11-13-15-16-17-18-19-20-21-22-23-24-25-26-27-28-29-30-31-32-33-34-35-36-37-38-39-40-41-42-43-44-45-47-49-51-53-55-61(69)66-58(57-73-65-64(72)63(71)62(70)60(56-67)74-65)59(68)54-52-50-48-46-14-12-10-8-6-4-2/h5,7,11,13,16-17,19-20,22-23,25-26,28-29,31-32,34-35,37-38,52,54,58-60,62-65,67-68,70-72H,3-4,6,8-10,12,14-15,18,21,24,27,30,33,36,39-51,53,55-57H2,1-2H3,(H,66,69)/b7-5-,13-11-,17-16-,20-19-,23-22-,26-25-,29-28-,32-31-,35-34-,38-37-,54-52+. The van der Waals surface area contributed by atoms with Gasteiger partial charge in [-0.2, -0.15) is 0 Å². The van der Waals surface area contributed by atoms with E-state index in [2.05, 4.69) is 141 Å². The molecule has 0 aliphatic carbocycles. The fourth-order valence-electron chi connectivity index (χ4n) is 8.36. The highest BCUT2D eigenvalue weighted by molar-refractivity contribution is 5.76. The van der Waals surface area contributed by atoms with Gasteiger partial charge in [0.1, 0.15) is 24.4 Å². The molecule has 1 heterocycles. The molecule has 0 radical (unpaired) electrons. The van der Waals surface area contributed by atoms with Crippen molar-refractivity contribution in [2.75, 3.05) is 13.2 Å². The van der Waals surface area contributed by atoms with Crippen molar-refractivity contribution in [3.8, 4) is 0 Å². The first-order valence-corrected chi connectivity index (χ1v) is 29.4. The highest BCUT2D eigenvalue weighted by atomic mass is 16.7. The Morgan fingerprint density at radius 3 is 1.24 bits per heavy atom. The van der Waals surface area contributed by atoms with E-state index in [0.29, 0.717) is 6.42 Å². The van der Waals surface area contributed by atoms with Gasteiger partial charge in [-0.25, -0.2) is 0 Å². The SMILES string of the molecule is CC/C=C\C/C=C\C/C=C\C/C=C\C/C=C\C/C=C\C/C=C\C/C=C\C/C=C\C/C=C\CCCCCCCCCCCCC(=O)NC(COC1OC(CO)C(O)C(O)C1O)C(O)/C=C/CCCCCCCCCC. The predicted molar refractivity (Wildman–Crippen MR) is 313 cm³/mol. The number of aliphatic hydroxyl groups excluding tert-OH is 5. The van der Waals surface area contributed by atoms with E-state index in [0.717, 1.165) is 116 Å². The van der Waals surface area contributed by atoms with E-state index in [4.69, 9.17) is 9.47 Å². The summed E-state index contributed by atoms with van der Waals surface area (Å²) < 4.78 is 11.2. The minimum absolute atomic E-state index is 0.189. The number of ether oxygens (including phenoxy) is 2. The van der Waals surface area contributed by atoms with Gasteiger partial charge in [0, 0.05) is 6.42 Å². The molecule has 0 spiro atoms. The Labute approximate surface area is 451 Å². The molecule has 420 valence electrons. The Bertz CT molecular complexity index is 1620. The molecule has 1 saturated heterocycles. The van der Waals surface area contributed by atoms with E-state index in [1.54, 1.807) is 6.08 Å². The van der Waals surface area contributed by atoms with Crippen molar-refractivity contribution in [2.24, 2.45) is 0 Å². The molecule has 74 heavy (non-hydrogen) atoms. The van der Waals surface area contributed by atoms with Crippen LogP contribution in [0.3, 0.4) is 0 Å². The number of carbonyl (C=O) groups excluding carboxylic acids is 1. The van der Waals surface area contributed by atoms with Crippen LogP contribution < -0.4 is 5.32 Å². The second-order valence-corrected chi connectivity index (χ2v) is 19.7. The zero-order valence-corrected chi connectivity index (χ0v) is 46.5. The summed E-state index contributed by atoms with van der Waals surface area (Å²) >= 11 is 0. The third-order valence-corrected chi connectivity index (χ3v) is 13.0. The zero-order chi connectivity index (χ0) is 53.6. The topological polar surface area (TPSA) is 149 Å². The van der Waals surface area contributed by atoms with Crippen LogP contribution in [0.25, 0.3) is 0 Å². The maximum absolute atomic E-state index is 13.0. The smallest absolute Gasteiger partial charge is 0.220 e. The molecule has 0 aromatic carbocycles. The summed E-state index contributed by atoms with van der Waals surface area (Å²) in [6.45, 7) is 3.62. The number of nitrogens with one attached hydrogen (secondary N) is 1. The molecule has 6 N–H and O–H groups in total. The van der Waals surface area contributed by atoms with Crippen LogP contribution in [0.5, 0.6) is 0 Å². The van der Waals surface area contributed by atoms with Gasteiger partial charge in [0.25, 0.3) is 0 Å². The Hall–Kier alpha value is -3.67. The van der Waals surface area contributed by atoms with Crippen LogP contribution in [0.15, 0.2) is 134 Å². The first-order chi connectivity index (χ1) is 36.3. The first kappa shape index (κ1) is 68.3. The second kappa shape index (κ2) is 52.8. The lowest BCUT2D eigenvalue weighted by atomic mass is 9.99. The van der Waals surface area contributed by atoms with Crippen LogP contribution in [0.1, 0.15) is 213 Å². The van der Waals surface area contributed by atoms with Gasteiger partial charge in [0.2, 0.25) is 5.91 Å². The Morgan fingerprint density at radius 2 is 0.838 bits per heavy atom. The maximum atomic E-state index is 13.0. The Kier molecular flexibility index (Phi) is 48.7. The van der Waals surface area contributed by atoms with Crippen molar-refractivity contribution in [3.63, 3.8) is 0 Å². The van der Waals surface area contributed by atoms with Crippen LogP contribution >= 0.6 is 0 Å². The molecule has 9 nitrogen and oxygen atoms in total. The van der Waals surface area contributed by atoms with Gasteiger partial charge in [0.05, 0.1) is 25.4 Å². The number of allylic oxidation sites excluding steroid dienone is 21. The largest absolute Gasteiger partial charge is 0.394 e. The predicted octanol–water partition coefficient (Wildman–Crippen LogP) is 14.9. The molecule has 1 rings (SSSR count). The van der Waals surface area contributed by atoms with Crippen LogP contribution in [-0.2, 0) is 14.3 Å². The second-order valence-electron chi connectivity index (χ2n) is 19.7. The third-order valence-electron chi connectivity index (χ3n) is 13.0. The number of hydrogen-bond acceptors (Lipinski definition) is 8. The third kappa shape index (κ3) is 41.6. The maximum Gasteiger partial charge on any atom is 0.220 e. The average molecular weight is 1030 g/mol. The summed E-state index contributed by atoms with van der Waals surface area (Å²) in [5, 5.41) is 54.3. The molecular formula is C65H107NO8. The molecule has 7 atom stereocenters. The normalized spacial score (nSPS) is 20.0. The van der Waals surface area contributed by atoms with Crippen molar-refractivity contribution < 1.29 is 39.8 Å². The van der Waals surface area contributed by atoms with Gasteiger partial charge >= 0.3 is 0 Å². The van der Waals surface area contributed by atoms with E-state index in [1.807, 2.05) is 6.08 Å². The summed E-state index contributed by atoms with van der Waals surface area (Å²) in [6, 6.07) is -0.814. The Balaban J connectivity index is 2.11. The van der Waals surface area contributed by atoms with Crippen LogP contribution in [-0.4, -0.2) is 87.5 Å². The van der Waals surface area contributed by atoms with Gasteiger partial charge in [0.15, 0.2) is 6.29 Å². The Morgan fingerprint density at radius 1 is 0.473 bits per heavy atom. The molecule has 0 aromatic heterocycles. The average Bonchev–Trinajstić information content (AvgIpc) is 3.40. The highest BCUT2D eigenvalue weighted by Crippen LogP contribution is 2.23. The highest BCUT2D eigenvalue weighted by Gasteiger charge is 2.44. The summed E-state index contributed by atoms with van der Waals surface area (Å²) in [4.78, 5) is 13.0. The number of rotatable bonds is 48. The lowest BCUT2D eigenvalue weighted by Crippen LogP contribution is -2.60. The molecule has 0 saturated carbocycles. The summed E-state index contributed by atoms with van der Waals surface area (Å²) in [6.07, 6.45) is 73.9. The number of unbranched alkanes of at least 4 members (excludes halogenated alkanes) is 18. The molecule has 0 aromatic rings. The fourth-order valence-corrected chi connectivity index (χ4v) is 8.36. The van der Waals surface area contributed by atoms with E-state index >= 15 is 0 Å². The molecule has 0 bridgehead atoms. The quantitative estimate of drug-likeness (QED) is 0.0261. The van der Waals surface area contributed by atoms with Gasteiger partial charge < -0.3 is 40.3 Å².